The highest BCUT2D eigenvalue weighted by Gasteiger charge is 2.21. The first-order chi connectivity index (χ1) is 16.1. The van der Waals surface area contributed by atoms with E-state index in [2.05, 4.69) is 9.88 Å². The fourth-order valence-corrected chi connectivity index (χ4v) is 4.44. The number of hydrogen-bond donors (Lipinski definition) is 1. The molecule has 1 N–H and O–H groups in total. The molecule has 0 bridgehead atoms. The molecule has 33 heavy (non-hydrogen) atoms. The van der Waals surface area contributed by atoms with Gasteiger partial charge in [-0.1, -0.05) is 0 Å². The van der Waals surface area contributed by atoms with Crippen LogP contribution in [-0.4, -0.2) is 42.8 Å². The topological polar surface area (TPSA) is 78.5 Å². The molecule has 4 aromatic rings. The van der Waals surface area contributed by atoms with Crippen LogP contribution in [0.1, 0.15) is 28.2 Å². The van der Waals surface area contributed by atoms with E-state index < -0.39 is 0 Å². The number of carbonyl (C=O) groups excluding carboxylic acids is 1. The quantitative estimate of drug-likeness (QED) is 0.333. The van der Waals surface area contributed by atoms with Gasteiger partial charge >= 0.3 is 0 Å². The van der Waals surface area contributed by atoms with E-state index in [0.29, 0.717) is 25.3 Å². The molecule has 172 valence electrons. The molecule has 3 aromatic heterocycles. The lowest BCUT2D eigenvalue weighted by atomic mass is 10.2. The summed E-state index contributed by atoms with van der Waals surface area (Å²) in [6.45, 7) is 3.63. The molecule has 8 heteroatoms. The molecule has 0 unspecified atom stereocenters. The first-order valence-corrected chi connectivity index (χ1v) is 11.6. The molecule has 0 spiro atoms. The van der Waals surface area contributed by atoms with Gasteiger partial charge < -0.3 is 23.8 Å². The minimum absolute atomic E-state index is 0.103. The third-order valence-electron chi connectivity index (χ3n) is 5.42. The molecule has 0 radical (unpaired) electrons. The Kier molecular flexibility index (Phi) is 7.26. The molecule has 1 amide bonds. The van der Waals surface area contributed by atoms with Crippen LogP contribution in [0.3, 0.4) is 0 Å². The van der Waals surface area contributed by atoms with Crippen molar-refractivity contribution in [1.82, 2.24) is 14.9 Å². The average molecular weight is 466 g/mol. The van der Waals surface area contributed by atoms with Crippen LogP contribution < -0.4 is 10.1 Å². The minimum atomic E-state index is -0.103. The van der Waals surface area contributed by atoms with Gasteiger partial charge in [0, 0.05) is 36.9 Å². The second-order valence-electron chi connectivity index (χ2n) is 7.56. The molecule has 0 aliphatic rings. The number of nitrogens with one attached hydrogen (secondary N) is 1. The van der Waals surface area contributed by atoms with Crippen molar-refractivity contribution >= 4 is 17.2 Å². The SMILES string of the molecule is COCCCNC(=O)c1cc(-c2csc(-c3ccc(OC)cc3)n2)n(Cc2ccco2)c1C. The molecule has 3 heterocycles. The zero-order chi connectivity index (χ0) is 23.2. The highest BCUT2D eigenvalue weighted by molar-refractivity contribution is 7.13. The van der Waals surface area contributed by atoms with Crippen molar-refractivity contribution < 1.29 is 18.7 Å². The first-order valence-electron chi connectivity index (χ1n) is 10.7. The van der Waals surface area contributed by atoms with E-state index in [1.165, 1.54) is 0 Å². The van der Waals surface area contributed by atoms with Gasteiger partial charge in [0.2, 0.25) is 0 Å². The van der Waals surface area contributed by atoms with E-state index in [1.54, 1.807) is 31.8 Å². The third kappa shape index (κ3) is 5.18. The predicted octanol–water partition coefficient (Wildman–Crippen LogP) is 5.00. The number of amides is 1. The van der Waals surface area contributed by atoms with Gasteiger partial charge in [-0.3, -0.25) is 4.79 Å². The van der Waals surface area contributed by atoms with Crippen molar-refractivity contribution in [3.8, 4) is 27.7 Å². The Bertz CT molecular complexity index is 1190. The largest absolute Gasteiger partial charge is 0.497 e. The zero-order valence-corrected chi connectivity index (χ0v) is 19.8. The maximum absolute atomic E-state index is 12.9. The third-order valence-corrected chi connectivity index (χ3v) is 6.31. The molecule has 1 aromatic carbocycles. The predicted molar refractivity (Wildman–Crippen MR) is 129 cm³/mol. The number of aromatic nitrogens is 2. The summed E-state index contributed by atoms with van der Waals surface area (Å²) in [5.74, 6) is 1.51. The smallest absolute Gasteiger partial charge is 0.253 e. The van der Waals surface area contributed by atoms with Crippen molar-refractivity contribution in [2.45, 2.75) is 19.9 Å². The number of furan rings is 1. The summed E-state index contributed by atoms with van der Waals surface area (Å²) in [6, 6.07) is 13.5. The normalized spacial score (nSPS) is 11.0. The van der Waals surface area contributed by atoms with Gasteiger partial charge in [-0.25, -0.2) is 4.98 Å². The van der Waals surface area contributed by atoms with Gasteiger partial charge in [-0.15, -0.1) is 11.3 Å². The van der Waals surface area contributed by atoms with E-state index in [-0.39, 0.29) is 5.91 Å². The van der Waals surface area contributed by atoms with E-state index in [0.717, 1.165) is 45.6 Å². The highest BCUT2D eigenvalue weighted by atomic mass is 32.1. The summed E-state index contributed by atoms with van der Waals surface area (Å²) in [7, 11) is 3.30. The lowest BCUT2D eigenvalue weighted by Gasteiger charge is -2.09. The summed E-state index contributed by atoms with van der Waals surface area (Å²) in [6.07, 6.45) is 2.42. The fourth-order valence-electron chi connectivity index (χ4n) is 3.62. The molecule has 7 nitrogen and oxygen atoms in total. The minimum Gasteiger partial charge on any atom is -0.497 e. The number of ether oxygens (including phenoxy) is 2. The molecule has 0 fully saturated rings. The van der Waals surface area contributed by atoms with Gasteiger partial charge in [0.1, 0.15) is 16.5 Å². The van der Waals surface area contributed by atoms with Gasteiger partial charge in [-0.05, 0) is 55.8 Å². The number of benzene rings is 1. The first kappa shape index (κ1) is 22.8. The van der Waals surface area contributed by atoms with Crippen LogP contribution in [0.25, 0.3) is 22.0 Å². The van der Waals surface area contributed by atoms with Crippen molar-refractivity contribution in [3.63, 3.8) is 0 Å². The van der Waals surface area contributed by atoms with E-state index in [9.17, 15) is 4.79 Å². The van der Waals surface area contributed by atoms with E-state index in [4.69, 9.17) is 18.9 Å². The van der Waals surface area contributed by atoms with Crippen LogP contribution in [0, 0.1) is 6.92 Å². The fraction of sp³-hybridized carbons (Fsp3) is 0.280. The second kappa shape index (κ2) is 10.5. The summed E-state index contributed by atoms with van der Waals surface area (Å²) in [5.41, 5.74) is 4.21. The maximum Gasteiger partial charge on any atom is 0.253 e. The van der Waals surface area contributed by atoms with E-state index >= 15 is 0 Å². The van der Waals surface area contributed by atoms with Gasteiger partial charge in [0.15, 0.2) is 0 Å². The Morgan fingerprint density at radius 1 is 1.21 bits per heavy atom. The lowest BCUT2D eigenvalue weighted by Crippen LogP contribution is -2.25. The van der Waals surface area contributed by atoms with Crippen molar-refractivity contribution in [2.75, 3.05) is 27.4 Å². The van der Waals surface area contributed by atoms with Gasteiger partial charge in [0.25, 0.3) is 5.91 Å². The summed E-state index contributed by atoms with van der Waals surface area (Å²) in [4.78, 5) is 17.8. The summed E-state index contributed by atoms with van der Waals surface area (Å²) >= 11 is 1.57. The molecule has 0 atom stereocenters. The number of carbonyl (C=O) groups is 1. The van der Waals surface area contributed by atoms with Crippen LogP contribution in [0.2, 0.25) is 0 Å². The number of thiazole rings is 1. The average Bonchev–Trinajstić information content (AvgIpc) is 3.59. The Hall–Kier alpha value is -3.36. The van der Waals surface area contributed by atoms with Crippen LogP contribution in [0.5, 0.6) is 5.75 Å². The second-order valence-corrected chi connectivity index (χ2v) is 8.42. The Labute approximate surface area is 197 Å². The maximum atomic E-state index is 12.9. The highest BCUT2D eigenvalue weighted by Crippen LogP contribution is 2.32. The number of methoxy groups -OCH3 is 2. The molecular weight excluding hydrogens is 438 g/mol. The van der Waals surface area contributed by atoms with Crippen LogP contribution in [0.4, 0.5) is 0 Å². The monoisotopic (exact) mass is 465 g/mol. The van der Waals surface area contributed by atoms with Crippen LogP contribution in [-0.2, 0) is 11.3 Å². The van der Waals surface area contributed by atoms with Crippen molar-refractivity contribution in [3.05, 3.63) is 71.1 Å². The zero-order valence-electron chi connectivity index (χ0n) is 19.0. The van der Waals surface area contributed by atoms with Crippen molar-refractivity contribution in [2.24, 2.45) is 0 Å². The number of nitrogens with zero attached hydrogens (tertiary/aromatic N) is 2. The molecule has 0 saturated heterocycles. The molecule has 0 aliphatic carbocycles. The van der Waals surface area contributed by atoms with E-state index in [1.807, 2.05) is 54.8 Å². The van der Waals surface area contributed by atoms with Crippen LogP contribution in [0.15, 0.2) is 58.5 Å². The van der Waals surface area contributed by atoms with Crippen molar-refractivity contribution in [1.29, 1.82) is 0 Å². The number of hydrogen-bond acceptors (Lipinski definition) is 6. The summed E-state index contributed by atoms with van der Waals surface area (Å²) < 4.78 is 18.0. The van der Waals surface area contributed by atoms with Gasteiger partial charge in [-0.2, -0.15) is 0 Å². The molecule has 0 saturated carbocycles. The lowest BCUT2D eigenvalue weighted by molar-refractivity contribution is 0.0948. The van der Waals surface area contributed by atoms with Crippen LogP contribution >= 0.6 is 11.3 Å². The Morgan fingerprint density at radius 2 is 2.03 bits per heavy atom. The summed E-state index contributed by atoms with van der Waals surface area (Å²) in [5, 5.41) is 5.91. The molecule has 0 aliphatic heterocycles. The number of rotatable bonds is 10. The Morgan fingerprint density at radius 3 is 2.73 bits per heavy atom. The standard InChI is InChI=1S/C25H27N3O4S/c1-17-21(24(29)26-11-5-12-30-2)14-23(28(17)15-20-6-4-13-32-20)22-16-33-25(27-22)18-7-9-19(31-3)10-8-18/h4,6-10,13-14,16H,5,11-12,15H2,1-3H3,(H,26,29). The van der Waals surface area contributed by atoms with Gasteiger partial charge in [0.05, 0.1) is 36.9 Å². The molecule has 4 rings (SSSR count). The Balaban J connectivity index is 1.66. The molecular formula is C25H27N3O4S.